The first-order chi connectivity index (χ1) is 15.0. The molecule has 2 aliphatic rings. The number of hydrogen-bond acceptors (Lipinski definition) is 6. The van der Waals surface area contributed by atoms with Crippen molar-refractivity contribution in [3.8, 4) is 0 Å². The van der Waals surface area contributed by atoms with Gasteiger partial charge < -0.3 is 9.32 Å². The van der Waals surface area contributed by atoms with E-state index in [4.69, 9.17) is 4.42 Å². The van der Waals surface area contributed by atoms with Crippen molar-refractivity contribution in [3.05, 3.63) is 47.7 Å². The summed E-state index contributed by atoms with van der Waals surface area (Å²) in [4.78, 5) is 14.9. The molecule has 0 N–H and O–H groups in total. The van der Waals surface area contributed by atoms with Crippen molar-refractivity contribution in [1.82, 2.24) is 19.4 Å². The molecule has 2 aliphatic heterocycles. The second-order valence-electron chi connectivity index (χ2n) is 8.31. The van der Waals surface area contributed by atoms with Gasteiger partial charge in [-0.25, -0.2) is 12.7 Å². The van der Waals surface area contributed by atoms with Crippen molar-refractivity contribution < 1.29 is 17.6 Å². The summed E-state index contributed by atoms with van der Waals surface area (Å²) in [5.74, 6) is 1.32. The van der Waals surface area contributed by atoms with E-state index in [2.05, 4.69) is 10.2 Å². The van der Waals surface area contributed by atoms with Gasteiger partial charge in [0.15, 0.2) is 0 Å². The summed E-state index contributed by atoms with van der Waals surface area (Å²) in [5, 5.41) is 8.57. The Morgan fingerprint density at radius 1 is 1.03 bits per heavy atom. The normalized spacial score (nSPS) is 21.3. The SMILES string of the molecule is CCS(=O)(=O)N1CCC(c2nnc([C@@H]3CCCCN3C(=O)Cc3ccccc3)o2)CC1. The van der Waals surface area contributed by atoms with E-state index >= 15 is 0 Å². The maximum Gasteiger partial charge on any atom is 0.238 e. The molecule has 31 heavy (non-hydrogen) atoms. The average molecular weight is 447 g/mol. The van der Waals surface area contributed by atoms with Crippen LogP contribution in [0.2, 0.25) is 0 Å². The van der Waals surface area contributed by atoms with Gasteiger partial charge >= 0.3 is 0 Å². The summed E-state index contributed by atoms with van der Waals surface area (Å²) < 4.78 is 31.8. The minimum Gasteiger partial charge on any atom is -0.423 e. The van der Waals surface area contributed by atoms with Gasteiger partial charge in [-0.05, 0) is 44.6 Å². The first-order valence-corrected chi connectivity index (χ1v) is 12.7. The van der Waals surface area contributed by atoms with E-state index in [1.165, 1.54) is 0 Å². The van der Waals surface area contributed by atoms with Gasteiger partial charge in [0.1, 0.15) is 6.04 Å². The fourth-order valence-corrected chi connectivity index (χ4v) is 5.60. The van der Waals surface area contributed by atoms with Gasteiger partial charge in [-0.3, -0.25) is 4.79 Å². The van der Waals surface area contributed by atoms with Crippen molar-refractivity contribution in [2.45, 2.75) is 57.4 Å². The molecular weight excluding hydrogens is 416 g/mol. The Hall–Kier alpha value is -2.26. The maximum absolute atomic E-state index is 13.0. The lowest BCUT2D eigenvalue weighted by Crippen LogP contribution is -2.39. The number of piperidine rings is 2. The van der Waals surface area contributed by atoms with E-state index < -0.39 is 10.0 Å². The number of nitrogens with zero attached hydrogens (tertiary/aromatic N) is 4. The Kier molecular flexibility index (Phi) is 6.71. The highest BCUT2D eigenvalue weighted by atomic mass is 32.2. The Bertz CT molecular complexity index is 984. The number of carbonyl (C=O) groups excluding carboxylic acids is 1. The molecule has 3 heterocycles. The molecule has 0 saturated carbocycles. The maximum atomic E-state index is 13.0. The molecule has 0 aliphatic carbocycles. The van der Waals surface area contributed by atoms with Gasteiger partial charge in [0.25, 0.3) is 0 Å². The number of benzene rings is 1. The van der Waals surface area contributed by atoms with E-state index in [1.54, 1.807) is 11.2 Å². The molecule has 2 fully saturated rings. The summed E-state index contributed by atoms with van der Waals surface area (Å²) in [5.41, 5.74) is 0.997. The molecule has 0 bridgehead atoms. The molecule has 9 heteroatoms. The molecule has 2 saturated heterocycles. The molecule has 2 aromatic rings. The topological polar surface area (TPSA) is 96.6 Å². The van der Waals surface area contributed by atoms with Gasteiger partial charge in [-0.1, -0.05) is 30.3 Å². The van der Waals surface area contributed by atoms with Crippen LogP contribution in [0.3, 0.4) is 0 Å². The minimum atomic E-state index is -3.16. The van der Waals surface area contributed by atoms with Crippen molar-refractivity contribution in [1.29, 1.82) is 0 Å². The van der Waals surface area contributed by atoms with E-state index in [9.17, 15) is 13.2 Å². The van der Waals surface area contributed by atoms with Crippen LogP contribution in [0.5, 0.6) is 0 Å². The van der Waals surface area contributed by atoms with Gasteiger partial charge in [-0.2, -0.15) is 0 Å². The lowest BCUT2D eigenvalue weighted by atomic mass is 9.98. The van der Waals surface area contributed by atoms with E-state index in [-0.39, 0.29) is 23.6 Å². The van der Waals surface area contributed by atoms with Crippen LogP contribution in [-0.4, -0.2) is 59.1 Å². The Balaban J connectivity index is 1.43. The fourth-order valence-electron chi connectivity index (χ4n) is 4.47. The third-order valence-electron chi connectivity index (χ3n) is 6.32. The van der Waals surface area contributed by atoms with Gasteiger partial charge in [0.2, 0.25) is 27.7 Å². The summed E-state index contributed by atoms with van der Waals surface area (Å²) in [6.45, 7) is 3.31. The summed E-state index contributed by atoms with van der Waals surface area (Å²) >= 11 is 0. The molecule has 4 rings (SSSR count). The van der Waals surface area contributed by atoms with E-state index in [0.717, 1.165) is 24.8 Å². The largest absolute Gasteiger partial charge is 0.423 e. The smallest absolute Gasteiger partial charge is 0.238 e. The predicted octanol–water partition coefficient (Wildman–Crippen LogP) is 2.90. The number of rotatable bonds is 6. The summed E-state index contributed by atoms with van der Waals surface area (Å²) in [7, 11) is -3.16. The molecular formula is C22H30N4O4S. The average Bonchev–Trinajstić information content (AvgIpc) is 3.30. The lowest BCUT2D eigenvalue weighted by Gasteiger charge is -2.33. The standard InChI is InChI=1S/C22H30N4O4S/c1-2-31(28,29)25-14-11-18(12-15-25)21-23-24-22(30-21)19-10-6-7-13-26(19)20(27)16-17-8-4-3-5-9-17/h3-5,8-9,18-19H,2,6-7,10-16H2,1H3/t19-/m0/s1. The number of hydrogen-bond donors (Lipinski definition) is 0. The second kappa shape index (κ2) is 9.48. The number of amides is 1. The first kappa shape index (κ1) is 22.0. The van der Waals surface area contributed by atoms with Crippen LogP contribution in [0.15, 0.2) is 34.7 Å². The number of likely N-dealkylation sites (tertiary alicyclic amines) is 1. The van der Waals surface area contributed by atoms with Crippen molar-refractivity contribution in [2.75, 3.05) is 25.4 Å². The highest BCUT2D eigenvalue weighted by Crippen LogP contribution is 2.34. The Morgan fingerprint density at radius 3 is 2.45 bits per heavy atom. The third kappa shape index (κ3) is 4.98. The van der Waals surface area contributed by atoms with Gasteiger partial charge in [0, 0.05) is 25.6 Å². The second-order valence-corrected chi connectivity index (χ2v) is 10.6. The molecule has 8 nitrogen and oxygen atoms in total. The van der Waals surface area contributed by atoms with Crippen LogP contribution in [0.25, 0.3) is 0 Å². The molecule has 1 aromatic carbocycles. The van der Waals surface area contributed by atoms with Crippen molar-refractivity contribution in [2.24, 2.45) is 0 Å². The van der Waals surface area contributed by atoms with Crippen molar-refractivity contribution in [3.63, 3.8) is 0 Å². The van der Waals surface area contributed by atoms with Crippen LogP contribution < -0.4 is 0 Å². The van der Waals surface area contributed by atoms with Crippen LogP contribution in [-0.2, 0) is 21.2 Å². The van der Waals surface area contributed by atoms with Crippen LogP contribution in [0.1, 0.15) is 68.3 Å². The lowest BCUT2D eigenvalue weighted by molar-refractivity contribution is -0.134. The number of sulfonamides is 1. The van der Waals surface area contributed by atoms with Crippen LogP contribution in [0, 0.1) is 0 Å². The molecule has 1 aromatic heterocycles. The number of aromatic nitrogens is 2. The molecule has 168 valence electrons. The predicted molar refractivity (Wildman–Crippen MR) is 116 cm³/mol. The monoisotopic (exact) mass is 446 g/mol. The summed E-state index contributed by atoms with van der Waals surface area (Å²) in [6, 6.07) is 9.57. The molecule has 0 unspecified atom stereocenters. The number of carbonyl (C=O) groups is 1. The molecule has 0 spiro atoms. The van der Waals surface area contributed by atoms with Crippen LogP contribution in [0.4, 0.5) is 0 Å². The quantitative estimate of drug-likeness (QED) is 0.677. The molecule has 1 atom stereocenters. The minimum absolute atomic E-state index is 0.0571. The van der Waals surface area contributed by atoms with Crippen molar-refractivity contribution >= 4 is 15.9 Å². The molecule has 1 amide bonds. The zero-order valence-electron chi connectivity index (χ0n) is 17.9. The van der Waals surface area contributed by atoms with Gasteiger partial charge in [-0.15, -0.1) is 10.2 Å². The van der Waals surface area contributed by atoms with Crippen LogP contribution >= 0.6 is 0 Å². The zero-order chi connectivity index (χ0) is 21.8. The molecule has 0 radical (unpaired) electrons. The Labute approximate surface area is 183 Å². The van der Waals surface area contributed by atoms with Gasteiger partial charge in [0.05, 0.1) is 12.2 Å². The summed E-state index contributed by atoms with van der Waals surface area (Å²) in [6.07, 6.45) is 4.51. The highest BCUT2D eigenvalue weighted by molar-refractivity contribution is 7.89. The first-order valence-electron chi connectivity index (χ1n) is 11.1. The van der Waals surface area contributed by atoms with E-state index in [1.807, 2.05) is 35.2 Å². The Morgan fingerprint density at radius 2 is 1.74 bits per heavy atom. The fraction of sp³-hybridized carbons (Fsp3) is 0.591. The highest BCUT2D eigenvalue weighted by Gasteiger charge is 2.34. The zero-order valence-corrected chi connectivity index (χ0v) is 18.8. The van der Waals surface area contributed by atoms with E-state index in [0.29, 0.717) is 50.7 Å². The third-order valence-corrected chi connectivity index (χ3v) is 8.21.